The predicted molar refractivity (Wildman–Crippen MR) is 74.3 cm³/mol. The van der Waals surface area contributed by atoms with E-state index in [9.17, 15) is 9.59 Å². The van der Waals surface area contributed by atoms with E-state index in [0.29, 0.717) is 17.0 Å². The highest BCUT2D eigenvalue weighted by Gasteiger charge is 2.17. The summed E-state index contributed by atoms with van der Waals surface area (Å²) in [5, 5.41) is 11.8. The zero-order valence-corrected chi connectivity index (χ0v) is 11.5. The Bertz CT molecular complexity index is 460. The fraction of sp³-hybridized carbons (Fsp3) is 0.385. The predicted octanol–water partition coefficient (Wildman–Crippen LogP) is 2.63. The van der Waals surface area contributed by atoms with Gasteiger partial charge in [-0.1, -0.05) is 19.1 Å². The van der Waals surface area contributed by atoms with Crippen molar-refractivity contribution in [1.82, 2.24) is 0 Å². The number of hydrogen-bond donors (Lipinski definition) is 2. The molecule has 0 saturated carbocycles. The minimum atomic E-state index is -1.03. The molecule has 0 saturated heterocycles. The molecule has 1 atom stereocenters. The minimum Gasteiger partial charge on any atom is -0.478 e. The third-order valence-electron chi connectivity index (χ3n) is 2.61. The van der Waals surface area contributed by atoms with Gasteiger partial charge in [0, 0.05) is 11.7 Å². The highest BCUT2D eigenvalue weighted by atomic mass is 32.2. The van der Waals surface area contributed by atoms with E-state index in [0.717, 1.165) is 0 Å². The number of carbonyl (C=O) groups is 2. The third-order valence-corrected chi connectivity index (χ3v) is 3.44. The van der Waals surface area contributed by atoms with Gasteiger partial charge in [-0.3, -0.25) is 4.79 Å². The molecule has 1 aromatic rings. The van der Waals surface area contributed by atoms with Crippen LogP contribution in [0.4, 0.5) is 5.69 Å². The molecular formula is C13H17NO3S. The zero-order chi connectivity index (χ0) is 13.7. The maximum atomic E-state index is 11.9. The monoisotopic (exact) mass is 267 g/mol. The summed E-state index contributed by atoms with van der Waals surface area (Å²) in [6, 6.07) is 5.06. The van der Waals surface area contributed by atoms with Crippen molar-refractivity contribution in [2.45, 2.75) is 13.8 Å². The Labute approximate surface area is 111 Å². The molecule has 1 aromatic carbocycles. The van der Waals surface area contributed by atoms with Crippen LogP contribution in [0.25, 0.3) is 0 Å². The quantitative estimate of drug-likeness (QED) is 0.860. The van der Waals surface area contributed by atoms with Gasteiger partial charge in [0.15, 0.2) is 0 Å². The first-order valence-electron chi connectivity index (χ1n) is 5.60. The average Bonchev–Trinajstić information content (AvgIpc) is 2.28. The summed E-state index contributed by atoms with van der Waals surface area (Å²) in [5.74, 6) is -0.624. The minimum absolute atomic E-state index is 0.151. The Hall–Kier alpha value is -1.49. The summed E-state index contributed by atoms with van der Waals surface area (Å²) in [5.41, 5.74) is 1.15. The largest absolute Gasteiger partial charge is 0.478 e. The Morgan fingerprint density at radius 1 is 1.44 bits per heavy atom. The van der Waals surface area contributed by atoms with E-state index in [1.54, 1.807) is 36.9 Å². The van der Waals surface area contributed by atoms with E-state index in [2.05, 4.69) is 5.32 Å². The molecule has 0 heterocycles. The lowest BCUT2D eigenvalue weighted by Crippen LogP contribution is -2.23. The number of carbonyl (C=O) groups excluding carboxylic acids is 1. The lowest BCUT2D eigenvalue weighted by Gasteiger charge is -2.13. The molecule has 98 valence electrons. The second-order valence-corrected chi connectivity index (χ2v) is 5.06. The van der Waals surface area contributed by atoms with Crippen LogP contribution in [0.3, 0.4) is 0 Å². The van der Waals surface area contributed by atoms with Crippen LogP contribution in [-0.4, -0.2) is 29.0 Å². The first kappa shape index (κ1) is 14.6. The van der Waals surface area contributed by atoms with Gasteiger partial charge < -0.3 is 10.4 Å². The van der Waals surface area contributed by atoms with Gasteiger partial charge in [-0.25, -0.2) is 4.79 Å². The normalized spacial score (nSPS) is 11.9. The van der Waals surface area contributed by atoms with Crippen LogP contribution in [0, 0.1) is 12.8 Å². The average molecular weight is 267 g/mol. The molecule has 1 unspecified atom stereocenters. The van der Waals surface area contributed by atoms with Gasteiger partial charge in [-0.2, -0.15) is 11.8 Å². The fourth-order valence-electron chi connectivity index (χ4n) is 1.64. The fourth-order valence-corrected chi connectivity index (χ4v) is 2.29. The lowest BCUT2D eigenvalue weighted by molar-refractivity contribution is -0.118. The Morgan fingerprint density at radius 3 is 2.67 bits per heavy atom. The molecule has 0 bridgehead atoms. The van der Waals surface area contributed by atoms with Crippen LogP contribution in [0.5, 0.6) is 0 Å². The molecule has 0 aromatic heterocycles. The number of rotatable bonds is 5. The van der Waals surface area contributed by atoms with E-state index in [1.807, 2.05) is 13.2 Å². The summed E-state index contributed by atoms with van der Waals surface area (Å²) >= 11 is 1.59. The molecule has 1 rings (SSSR count). The maximum Gasteiger partial charge on any atom is 0.338 e. The van der Waals surface area contributed by atoms with Crippen molar-refractivity contribution >= 4 is 29.3 Å². The van der Waals surface area contributed by atoms with Crippen LogP contribution >= 0.6 is 11.8 Å². The second-order valence-electron chi connectivity index (χ2n) is 4.15. The molecule has 1 amide bonds. The molecule has 18 heavy (non-hydrogen) atoms. The van der Waals surface area contributed by atoms with Crippen molar-refractivity contribution in [1.29, 1.82) is 0 Å². The third kappa shape index (κ3) is 3.50. The first-order valence-corrected chi connectivity index (χ1v) is 6.99. The molecule has 5 heteroatoms. The van der Waals surface area contributed by atoms with Gasteiger partial charge in [0.2, 0.25) is 5.91 Å². The van der Waals surface area contributed by atoms with E-state index < -0.39 is 5.97 Å². The number of carboxylic acids is 1. The summed E-state index contributed by atoms with van der Waals surface area (Å²) in [4.78, 5) is 23.0. The van der Waals surface area contributed by atoms with Crippen LogP contribution in [0.1, 0.15) is 22.8 Å². The summed E-state index contributed by atoms with van der Waals surface area (Å²) < 4.78 is 0. The van der Waals surface area contributed by atoms with E-state index >= 15 is 0 Å². The lowest BCUT2D eigenvalue weighted by atomic mass is 10.1. The van der Waals surface area contributed by atoms with Crippen LogP contribution in [0.2, 0.25) is 0 Å². The summed E-state index contributed by atoms with van der Waals surface area (Å²) in [7, 11) is 0. The van der Waals surface area contributed by atoms with Gasteiger partial charge in [0.1, 0.15) is 0 Å². The molecule has 0 aliphatic heterocycles. The zero-order valence-electron chi connectivity index (χ0n) is 10.7. The van der Waals surface area contributed by atoms with Crippen LogP contribution in [-0.2, 0) is 4.79 Å². The van der Waals surface area contributed by atoms with Crippen molar-refractivity contribution in [2.75, 3.05) is 17.3 Å². The Morgan fingerprint density at radius 2 is 2.11 bits per heavy atom. The number of nitrogens with one attached hydrogen (secondary N) is 1. The Balaban J connectivity index is 2.94. The number of aromatic carboxylic acids is 1. The van der Waals surface area contributed by atoms with Crippen molar-refractivity contribution in [3.8, 4) is 0 Å². The molecule has 0 fully saturated rings. The van der Waals surface area contributed by atoms with Gasteiger partial charge in [-0.15, -0.1) is 0 Å². The van der Waals surface area contributed by atoms with Gasteiger partial charge in [0.05, 0.1) is 11.3 Å². The molecule has 0 aliphatic carbocycles. The number of hydrogen-bond acceptors (Lipinski definition) is 3. The smallest absolute Gasteiger partial charge is 0.338 e. The van der Waals surface area contributed by atoms with Crippen LogP contribution < -0.4 is 5.32 Å². The topological polar surface area (TPSA) is 66.4 Å². The molecule has 4 nitrogen and oxygen atoms in total. The van der Waals surface area contributed by atoms with Crippen molar-refractivity contribution in [2.24, 2.45) is 5.92 Å². The van der Waals surface area contributed by atoms with Crippen molar-refractivity contribution < 1.29 is 14.7 Å². The number of benzene rings is 1. The second kappa shape index (κ2) is 6.44. The SMILES string of the molecule is CSCC(C)C(=O)Nc1cccc(C)c1C(=O)O. The number of thioether (sulfide) groups is 1. The number of aryl methyl sites for hydroxylation is 1. The molecule has 0 radical (unpaired) electrons. The van der Waals surface area contributed by atoms with Crippen molar-refractivity contribution in [3.63, 3.8) is 0 Å². The van der Waals surface area contributed by atoms with E-state index in [-0.39, 0.29) is 17.4 Å². The standard InChI is InChI=1S/C13H17NO3S/c1-8-5-4-6-10(11(8)13(16)17)14-12(15)9(2)7-18-3/h4-6,9H,7H2,1-3H3,(H,14,15)(H,16,17). The molecule has 0 aliphatic rings. The highest BCUT2D eigenvalue weighted by molar-refractivity contribution is 7.98. The van der Waals surface area contributed by atoms with E-state index in [4.69, 9.17) is 5.11 Å². The highest BCUT2D eigenvalue weighted by Crippen LogP contribution is 2.20. The van der Waals surface area contributed by atoms with Gasteiger partial charge in [0.25, 0.3) is 0 Å². The number of amides is 1. The summed E-state index contributed by atoms with van der Waals surface area (Å²) in [6.45, 7) is 3.53. The van der Waals surface area contributed by atoms with E-state index in [1.165, 1.54) is 0 Å². The first-order chi connectivity index (χ1) is 8.47. The van der Waals surface area contributed by atoms with Crippen molar-refractivity contribution in [3.05, 3.63) is 29.3 Å². The maximum absolute atomic E-state index is 11.9. The van der Waals surface area contributed by atoms with Gasteiger partial charge in [-0.05, 0) is 24.8 Å². The summed E-state index contributed by atoms with van der Waals surface area (Å²) in [6.07, 6.45) is 1.93. The molecular weight excluding hydrogens is 250 g/mol. The Kier molecular flexibility index (Phi) is 5.22. The number of anilines is 1. The molecule has 2 N–H and O–H groups in total. The number of carboxylic acid groups (broad SMARTS) is 1. The van der Waals surface area contributed by atoms with Gasteiger partial charge >= 0.3 is 5.97 Å². The van der Waals surface area contributed by atoms with Crippen LogP contribution in [0.15, 0.2) is 18.2 Å². The molecule has 0 spiro atoms.